The van der Waals surface area contributed by atoms with Crippen molar-refractivity contribution < 1.29 is 9.53 Å². The Labute approximate surface area is 109 Å². The smallest absolute Gasteiger partial charge is 0.253 e. The predicted molar refractivity (Wildman–Crippen MR) is 72.0 cm³/mol. The van der Waals surface area contributed by atoms with E-state index in [2.05, 4.69) is 5.32 Å². The summed E-state index contributed by atoms with van der Waals surface area (Å²) in [4.78, 5) is 12.1. The molecule has 0 saturated heterocycles. The summed E-state index contributed by atoms with van der Waals surface area (Å²) in [7, 11) is 1.53. The van der Waals surface area contributed by atoms with Crippen LogP contribution in [0.1, 0.15) is 25.5 Å². The number of hydrogen-bond donors (Lipinski definition) is 2. The molecule has 1 aromatic carbocycles. The number of carbonyl (C=O) groups is 1. The van der Waals surface area contributed by atoms with Gasteiger partial charge in [0.1, 0.15) is 0 Å². The molecule has 0 aliphatic heterocycles. The van der Waals surface area contributed by atoms with Gasteiger partial charge in [-0.2, -0.15) is 0 Å². The molecule has 1 atom stereocenters. The molecule has 1 aromatic rings. The molecule has 0 spiro atoms. The van der Waals surface area contributed by atoms with Crippen molar-refractivity contribution in [3.05, 3.63) is 35.9 Å². The monoisotopic (exact) mass is 250 g/mol. The Kier molecular flexibility index (Phi) is 5.31. The van der Waals surface area contributed by atoms with E-state index in [1.807, 2.05) is 44.2 Å². The van der Waals surface area contributed by atoms with Crippen LogP contribution in [0.3, 0.4) is 0 Å². The summed E-state index contributed by atoms with van der Waals surface area (Å²) < 4.78 is 5.25. The van der Waals surface area contributed by atoms with Crippen LogP contribution in [0.25, 0.3) is 0 Å². The van der Waals surface area contributed by atoms with Gasteiger partial charge in [0.2, 0.25) is 0 Å². The zero-order valence-corrected chi connectivity index (χ0v) is 11.3. The van der Waals surface area contributed by atoms with Crippen molar-refractivity contribution >= 4 is 5.91 Å². The van der Waals surface area contributed by atoms with E-state index in [0.717, 1.165) is 5.56 Å². The van der Waals surface area contributed by atoms with Gasteiger partial charge in [0, 0.05) is 13.7 Å². The lowest BCUT2D eigenvalue weighted by Crippen LogP contribution is -2.40. The molecule has 0 radical (unpaired) electrons. The molecule has 18 heavy (non-hydrogen) atoms. The molecule has 0 aliphatic carbocycles. The van der Waals surface area contributed by atoms with Crippen LogP contribution in [0.2, 0.25) is 0 Å². The zero-order chi connectivity index (χ0) is 13.6. The Morgan fingerprint density at radius 3 is 2.50 bits per heavy atom. The lowest BCUT2D eigenvalue weighted by molar-refractivity contribution is -0.131. The summed E-state index contributed by atoms with van der Waals surface area (Å²) in [5, 5.41) is 2.88. The second kappa shape index (κ2) is 6.52. The maximum atomic E-state index is 12.1. The van der Waals surface area contributed by atoms with E-state index < -0.39 is 6.10 Å². The van der Waals surface area contributed by atoms with Gasteiger partial charge >= 0.3 is 0 Å². The summed E-state index contributed by atoms with van der Waals surface area (Å²) in [6, 6.07) is 9.44. The summed E-state index contributed by atoms with van der Waals surface area (Å²) >= 11 is 0. The lowest BCUT2D eigenvalue weighted by atomic mass is 9.94. The van der Waals surface area contributed by atoms with E-state index in [0.29, 0.717) is 13.1 Å². The summed E-state index contributed by atoms with van der Waals surface area (Å²) in [6.07, 6.45) is -0.570. The van der Waals surface area contributed by atoms with Crippen molar-refractivity contribution in [1.29, 1.82) is 0 Å². The molecule has 1 amide bonds. The molecule has 0 heterocycles. The van der Waals surface area contributed by atoms with Crippen molar-refractivity contribution in [2.24, 2.45) is 11.1 Å². The second-order valence-electron chi connectivity index (χ2n) is 5.11. The van der Waals surface area contributed by atoms with E-state index >= 15 is 0 Å². The van der Waals surface area contributed by atoms with E-state index in [4.69, 9.17) is 10.5 Å². The fourth-order valence-corrected chi connectivity index (χ4v) is 1.51. The minimum absolute atomic E-state index is 0.107. The van der Waals surface area contributed by atoms with Gasteiger partial charge in [0.25, 0.3) is 5.91 Å². The summed E-state index contributed by atoms with van der Waals surface area (Å²) in [5.41, 5.74) is 6.37. The molecule has 100 valence electrons. The van der Waals surface area contributed by atoms with Gasteiger partial charge in [-0.3, -0.25) is 4.79 Å². The summed E-state index contributed by atoms with van der Waals surface area (Å²) in [5.74, 6) is -0.134. The van der Waals surface area contributed by atoms with Crippen LogP contribution in [0, 0.1) is 5.41 Å². The SMILES string of the molecule is COC(C(=O)NCC(C)(C)CN)c1ccccc1. The first kappa shape index (κ1) is 14.7. The Balaban J connectivity index is 2.64. The number of carbonyl (C=O) groups excluding carboxylic acids is 1. The van der Waals surface area contributed by atoms with Gasteiger partial charge in [-0.05, 0) is 17.5 Å². The van der Waals surface area contributed by atoms with Crippen molar-refractivity contribution in [3.63, 3.8) is 0 Å². The first-order valence-electron chi connectivity index (χ1n) is 6.06. The molecule has 3 N–H and O–H groups in total. The highest BCUT2D eigenvalue weighted by Gasteiger charge is 2.22. The van der Waals surface area contributed by atoms with Gasteiger partial charge in [-0.1, -0.05) is 44.2 Å². The molecule has 4 heteroatoms. The van der Waals surface area contributed by atoms with Crippen LogP contribution in [-0.4, -0.2) is 26.1 Å². The molecule has 0 fully saturated rings. The van der Waals surface area contributed by atoms with Crippen molar-refractivity contribution in [1.82, 2.24) is 5.32 Å². The Morgan fingerprint density at radius 1 is 1.39 bits per heavy atom. The molecule has 0 aromatic heterocycles. The van der Waals surface area contributed by atoms with Crippen LogP contribution < -0.4 is 11.1 Å². The highest BCUT2D eigenvalue weighted by Crippen LogP contribution is 2.17. The van der Waals surface area contributed by atoms with Crippen LogP contribution in [0.4, 0.5) is 0 Å². The first-order valence-corrected chi connectivity index (χ1v) is 6.06. The Morgan fingerprint density at radius 2 is 2.00 bits per heavy atom. The third-order valence-electron chi connectivity index (χ3n) is 2.87. The fraction of sp³-hybridized carbons (Fsp3) is 0.500. The first-order chi connectivity index (χ1) is 8.50. The lowest BCUT2D eigenvalue weighted by Gasteiger charge is -2.24. The van der Waals surface area contributed by atoms with Crippen LogP contribution in [0.5, 0.6) is 0 Å². The molecular formula is C14H22N2O2. The second-order valence-corrected chi connectivity index (χ2v) is 5.11. The highest BCUT2D eigenvalue weighted by atomic mass is 16.5. The van der Waals surface area contributed by atoms with Gasteiger partial charge in [-0.15, -0.1) is 0 Å². The molecular weight excluding hydrogens is 228 g/mol. The van der Waals surface area contributed by atoms with Crippen LogP contribution >= 0.6 is 0 Å². The maximum Gasteiger partial charge on any atom is 0.253 e. The third-order valence-corrected chi connectivity index (χ3v) is 2.87. The largest absolute Gasteiger partial charge is 0.367 e. The minimum atomic E-state index is -0.570. The molecule has 4 nitrogen and oxygen atoms in total. The molecule has 0 bridgehead atoms. The number of nitrogens with one attached hydrogen (secondary N) is 1. The fourth-order valence-electron chi connectivity index (χ4n) is 1.51. The molecule has 0 saturated carbocycles. The van der Waals surface area contributed by atoms with Crippen LogP contribution in [0.15, 0.2) is 30.3 Å². The standard InChI is InChI=1S/C14H22N2O2/c1-14(2,9-15)10-16-13(17)12(18-3)11-7-5-4-6-8-11/h4-8,12H,9-10,15H2,1-3H3,(H,16,17). The number of methoxy groups -OCH3 is 1. The average molecular weight is 250 g/mol. The van der Waals surface area contributed by atoms with Crippen molar-refractivity contribution in [2.45, 2.75) is 20.0 Å². The minimum Gasteiger partial charge on any atom is -0.367 e. The number of hydrogen-bond acceptors (Lipinski definition) is 3. The number of nitrogens with two attached hydrogens (primary N) is 1. The average Bonchev–Trinajstić information content (AvgIpc) is 2.39. The molecule has 1 rings (SSSR count). The Hall–Kier alpha value is -1.39. The Bertz CT molecular complexity index is 377. The summed E-state index contributed by atoms with van der Waals surface area (Å²) in [6.45, 7) is 5.08. The molecule has 0 aliphatic rings. The van der Waals surface area contributed by atoms with Gasteiger partial charge in [0.15, 0.2) is 6.10 Å². The van der Waals surface area contributed by atoms with Crippen molar-refractivity contribution in [2.75, 3.05) is 20.2 Å². The van der Waals surface area contributed by atoms with Gasteiger partial charge in [0.05, 0.1) is 0 Å². The third kappa shape index (κ3) is 4.13. The van der Waals surface area contributed by atoms with Gasteiger partial charge < -0.3 is 15.8 Å². The van der Waals surface area contributed by atoms with Crippen LogP contribution in [-0.2, 0) is 9.53 Å². The van der Waals surface area contributed by atoms with Gasteiger partial charge in [-0.25, -0.2) is 0 Å². The molecule has 1 unspecified atom stereocenters. The number of ether oxygens (including phenoxy) is 1. The number of amides is 1. The number of rotatable bonds is 6. The number of benzene rings is 1. The highest BCUT2D eigenvalue weighted by molar-refractivity contribution is 5.82. The van der Waals surface area contributed by atoms with Crippen molar-refractivity contribution in [3.8, 4) is 0 Å². The quantitative estimate of drug-likeness (QED) is 0.803. The zero-order valence-electron chi connectivity index (χ0n) is 11.3. The van der Waals surface area contributed by atoms with E-state index in [1.54, 1.807) is 0 Å². The van der Waals surface area contributed by atoms with E-state index in [1.165, 1.54) is 7.11 Å². The maximum absolute atomic E-state index is 12.1. The predicted octanol–water partition coefficient (Wildman–Crippen LogP) is 1.48. The van der Waals surface area contributed by atoms with E-state index in [-0.39, 0.29) is 11.3 Å². The topological polar surface area (TPSA) is 64.3 Å². The normalized spacial score (nSPS) is 13.1. The van der Waals surface area contributed by atoms with E-state index in [9.17, 15) is 4.79 Å².